The molecule has 2 fully saturated rings. The number of rotatable bonds is 2. The average Bonchev–Trinajstić information content (AvgIpc) is 2.70. The molecule has 15 heavy (non-hydrogen) atoms. The second-order valence-corrected chi connectivity index (χ2v) is 4.82. The average molecular weight is 207 g/mol. The first-order valence-electron chi connectivity index (χ1n) is 5.91. The largest absolute Gasteiger partial charge is 0.338 e. The van der Waals surface area contributed by atoms with Gasteiger partial charge in [-0.05, 0) is 31.7 Å². The van der Waals surface area contributed by atoms with Crippen LogP contribution >= 0.6 is 0 Å². The first-order chi connectivity index (χ1) is 7.34. The summed E-state index contributed by atoms with van der Waals surface area (Å²) in [6, 6.07) is 0.284. The quantitative estimate of drug-likeness (QED) is 0.806. The Balaban J connectivity index is 1.77. The predicted molar refractivity (Wildman–Crippen MR) is 55.4 cm³/mol. The zero-order valence-electron chi connectivity index (χ0n) is 9.07. The van der Waals surface area contributed by atoms with Gasteiger partial charge in [0.15, 0.2) is 5.82 Å². The van der Waals surface area contributed by atoms with Crippen LogP contribution in [0.4, 0.5) is 0 Å². The highest BCUT2D eigenvalue weighted by Gasteiger charge is 2.31. The Morgan fingerprint density at radius 1 is 1.33 bits per heavy atom. The maximum atomic E-state index is 5.35. The van der Waals surface area contributed by atoms with Crippen LogP contribution in [0.15, 0.2) is 4.52 Å². The summed E-state index contributed by atoms with van der Waals surface area (Å²) < 4.78 is 5.35. The summed E-state index contributed by atoms with van der Waals surface area (Å²) in [6.07, 6.45) is 4.97. The van der Waals surface area contributed by atoms with Crippen molar-refractivity contribution in [3.8, 4) is 0 Å². The van der Waals surface area contributed by atoms with E-state index in [2.05, 4.69) is 22.4 Å². The van der Waals surface area contributed by atoms with Gasteiger partial charge in [-0.2, -0.15) is 4.98 Å². The van der Waals surface area contributed by atoms with E-state index in [1.165, 1.54) is 25.7 Å². The molecule has 2 aliphatic rings. The van der Waals surface area contributed by atoms with Crippen LogP contribution in [-0.2, 0) is 0 Å². The van der Waals surface area contributed by atoms with Gasteiger partial charge in [-0.3, -0.25) is 0 Å². The highest BCUT2D eigenvalue weighted by atomic mass is 16.5. The third kappa shape index (κ3) is 1.57. The Labute approximate surface area is 89.4 Å². The fourth-order valence-electron chi connectivity index (χ4n) is 2.37. The van der Waals surface area contributed by atoms with Crippen molar-refractivity contribution in [1.82, 2.24) is 15.5 Å². The van der Waals surface area contributed by atoms with Gasteiger partial charge >= 0.3 is 0 Å². The second-order valence-electron chi connectivity index (χ2n) is 4.82. The molecule has 0 bridgehead atoms. The molecule has 4 nitrogen and oxygen atoms in total. The van der Waals surface area contributed by atoms with Gasteiger partial charge in [0.25, 0.3) is 0 Å². The Bertz CT molecular complexity index is 345. The second kappa shape index (κ2) is 3.59. The predicted octanol–water partition coefficient (Wildman–Crippen LogP) is 2.01. The van der Waals surface area contributed by atoms with Gasteiger partial charge in [0.1, 0.15) is 0 Å². The van der Waals surface area contributed by atoms with Crippen LogP contribution in [0.5, 0.6) is 0 Å². The highest BCUT2D eigenvalue weighted by Crippen LogP contribution is 2.36. The first-order valence-corrected chi connectivity index (χ1v) is 5.91. The monoisotopic (exact) mass is 207 g/mol. The zero-order chi connectivity index (χ0) is 10.3. The van der Waals surface area contributed by atoms with Crippen LogP contribution < -0.4 is 5.32 Å². The highest BCUT2D eigenvalue weighted by molar-refractivity contribution is 5.03. The molecule has 1 aliphatic heterocycles. The molecule has 1 saturated carbocycles. The maximum Gasteiger partial charge on any atom is 0.244 e. The van der Waals surface area contributed by atoms with Gasteiger partial charge in [0.2, 0.25) is 5.89 Å². The third-order valence-electron chi connectivity index (χ3n) is 3.73. The SMILES string of the molecule is CC1CCNC1c1nc(C2CCC2)no1. The summed E-state index contributed by atoms with van der Waals surface area (Å²) in [5, 5.41) is 7.51. The van der Waals surface area contributed by atoms with Crippen LogP contribution in [0.25, 0.3) is 0 Å². The van der Waals surface area contributed by atoms with Crippen molar-refractivity contribution >= 4 is 0 Å². The van der Waals surface area contributed by atoms with Crippen molar-refractivity contribution in [3.05, 3.63) is 11.7 Å². The number of hydrogen-bond acceptors (Lipinski definition) is 4. The summed E-state index contributed by atoms with van der Waals surface area (Å²) in [5.41, 5.74) is 0. The van der Waals surface area contributed by atoms with Crippen molar-refractivity contribution in [3.63, 3.8) is 0 Å². The van der Waals surface area contributed by atoms with Crippen LogP contribution in [0.3, 0.4) is 0 Å². The molecular formula is C11H17N3O. The van der Waals surface area contributed by atoms with Crippen LogP contribution in [0.2, 0.25) is 0 Å². The lowest BCUT2D eigenvalue weighted by atomic mass is 9.85. The minimum atomic E-state index is 0.284. The molecule has 2 atom stereocenters. The molecule has 1 aromatic rings. The van der Waals surface area contributed by atoms with Gasteiger partial charge in [-0.1, -0.05) is 18.5 Å². The van der Waals surface area contributed by atoms with Crippen molar-refractivity contribution < 1.29 is 4.52 Å². The summed E-state index contributed by atoms with van der Waals surface area (Å²) in [7, 11) is 0. The Hall–Kier alpha value is -0.900. The van der Waals surface area contributed by atoms with Gasteiger partial charge in [-0.15, -0.1) is 0 Å². The van der Waals surface area contributed by atoms with Crippen LogP contribution in [0.1, 0.15) is 56.3 Å². The van der Waals surface area contributed by atoms with E-state index in [-0.39, 0.29) is 6.04 Å². The van der Waals surface area contributed by atoms with E-state index in [1.54, 1.807) is 0 Å². The molecule has 0 amide bonds. The normalized spacial score (nSPS) is 31.8. The number of hydrogen-bond donors (Lipinski definition) is 1. The molecule has 2 unspecified atom stereocenters. The zero-order valence-corrected chi connectivity index (χ0v) is 9.07. The molecule has 82 valence electrons. The standard InChI is InChI=1S/C11H17N3O/c1-7-5-6-12-9(7)11-13-10(14-15-11)8-3-2-4-8/h7-9,12H,2-6H2,1H3. The summed E-state index contributed by atoms with van der Waals surface area (Å²) in [6.45, 7) is 3.30. The lowest BCUT2D eigenvalue weighted by molar-refractivity contribution is 0.309. The molecule has 0 spiro atoms. The molecule has 1 aromatic heterocycles. The van der Waals surface area contributed by atoms with Crippen LogP contribution in [-0.4, -0.2) is 16.7 Å². The molecule has 2 heterocycles. The van der Waals surface area contributed by atoms with Gasteiger partial charge in [-0.25, -0.2) is 0 Å². The maximum absolute atomic E-state index is 5.35. The fraction of sp³-hybridized carbons (Fsp3) is 0.818. The lowest BCUT2D eigenvalue weighted by Crippen LogP contribution is -2.17. The topological polar surface area (TPSA) is 51.0 Å². The fourth-order valence-corrected chi connectivity index (χ4v) is 2.37. The van der Waals surface area contributed by atoms with E-state index in [4.69, 9.17) is 4.52 Å². The molecule has 3 rings (SSSR count). The van der Waals surface area contributed by atoms with Gasteiger partial charge < -0.3 is 9.84 Å². The third-order valence-corrected chi connectivity index (χ3v) is 3.73. The van der Waals surface area contributed by atoms with Crippen molar-refractivity contribution in [2.24, 2.45) is 5.92 Å². The summed E-state index contributed by atoms with van der Waals surface area (Å²) in [4.78, 5) is 4.52. The van der Waals surface area contributed by atoms with Crippen molar-refractivity contribution in [2.45, 2.75) is 44.6 Å². The smallest absolute Gasteiger partial charge is 0.244 e. The first kappa shape index (κ1) is 9.33. The van der Waals surface area contributed by atoms with E-state index in [0.717, 1.165) is 18.3 Å². The van der Waals surface area contributed by atoms with E-state index < -0.39 is 0 Å². The molecular weight excluding hydrogens is 190 g/mol. The minimum absolute atomic E-state index is 0.284. The molecule has 1 aliphatic carbocycles. The number of nitrogens with zero attached hydrogens (tertiary/aromatic N) is 2. The van der Waals surface area contributed by atoms with E-state index in [1.807, 2.05) is 0 Å². The molecule has 0 aromatic carbocycles. The molecule has 1 saturated heterocycles. The summed E-state index contributed by atoms with van der Waals surface area (Å²) >= 11 is 0. The van der Waals surface area contributed by atoms with Crippen LogP contribution in [0, 0.1) is 5.92 Å². The minimum Gasteiger partial charge on any atom is -0.338 e. The Morgan fingerprint density at radius 3 is 2.80 bits per heavy atom. The number of nitrogens with one attached hydrogen (secondary N) is 1. The van der Waals surface area contributed by atoms with Gasteiger partial charge in [0, 0.05) is 5.92 Å². The van der Waals surface area contributed by atoms with Crippen molar-refractivity contribution in [1.29, 1.82) is 0 Å². The van der Waals surface area contributed by atoms with E-state index in [0.29, 0.717) is 11.8 Å². The number of aromatic nitrogens is 2. The molecule has 4 heteroatoms. The molecule has 0 radical (unpaired) electrons. The van der Waals surface area contributed by atoms with Crippen molar-refractivity contribution in [2.75, 3.05) is 6.54 Å². The van der Waals surface area contributed by atoms with E-state index in [9.17, 15) is 0 Å². The Kier molecular flexibility index (Phi) is 2.24. The molecule has 1 N–H and O–H groups in total. The van der Waals surface area contributed by atoms with E-state index >= 15 is 0 Å². The lowest BCUT2D eigenvalue weighted by Gasteiger charge is -2.21. The van der Waals surface area contributed by atoms with Gasteiger partial charge in [0.05, 0.1) is 6.04 Å². The Morgan fingerprint density at radius 2 is 2.20 bits per heavy atom. The summed E-state index contributed by atoms with van der Waals surface area (Å²) in [5.74, 6) is 2.90.